The lowest BCUT2D eigenvalue weighted by atomic mass is 10.2. The third-order valence-electron chi connectivity index (χ3n) is 3.47. The zero-order valence-corrected chi connectivity index (χ0v) is 14.7. The maximum absolute atomic E-state index is 12.3. The average molecular weight is 383 g/mol. The summed E-state index contributed by atoms with van der Waals surface area (Å²) in [6.45, 7) is 1.58. The molecule has 0 unspecified atom stereocenters. The van der Waals surface area contributed by atoms with E-state index in [4.69, 9.17) is 21.1 Å². The number of sulfonamides is 1. The minimum absolute atomic E-state index is 0.0114. The van der Waals surface area contributed by atoms with Crippen molar-refractivity contribution in [2.24, 2.45) is 0 Å². The summed E-state index contributed by atoms with van der Waals surface area (Å²) in [5, 5.41) is 2.92. The normalized spacial score (nSPS) is 14.2. The number of fused-ring (bicyclic) bond motifs is 1. The van der Waals surface area contributed by atoms with Crippen LogP contribution in [0.2, 0.25) is 5.02 Å². The highest BCUT2D eigenvalue weighted by molar-refractivity contribution is 7.89. The van der Waals surface area contributed by atoms with Crippen molar-refractivity contribution in [3.63, 3.8) is 0 Å². The Morgan fingerprint density at radius 1 is 1.16 bits per heavy atom. The number of halogens is 1. The molecule has 2 N–H and O–H groups in total. The summed E-state index contributed by atoms with van der Waals surface area (Å²) >= 11 is 5.81. The van der Waals surface area contributed by atoms with E-state index in [0.717, 1.165) is 0 Å². The molecule has 9 heteroatoms. The van der Waals surface area contributed by atoms with E-state index < -0.39 is 22.0 Å². The van der Waals surface area contributed by atoms with Crippen molar-refractivity contribution in [2.45, 2.75) is 17.9 Å². The molecular weight excluding hydrogens is 368 g/mol. The first-order chi connectivity index (χ1) is 11.8. The molecule has 3 rings (SSSR count). The quantitative estimate of drug-likeness (QED) is 0.828. The lowest BCUT2D eigenvalue weighted by Crippen LogP contribution is -2.41. The van der Waals surface area contributed by atoms with Crippen molar-refractivity contribution < 1.29 is 22.7 Å². The van der Waals surface area contributed by atoms with Gasteiger partial charge in [-0.15, -0.1) is 0 Å². The van der Waals surface area contributed by atoms with Gasteiger partial charge in [-0.2, -0.15) is 4.72 Å². The van der Waals surface area contributed by atoms with Crippen LogP contribution >= 0.6 is 11.6 Å². The van der Waals surface area contributed by atoms with Gasteiger partial charge in [0.25, 0.3) is 0 Å². The predicted molar refractivity (Wildman–Crippen MR) is 92.4 cm³/mol. The lowest BCUT2D eigenvalue weighted by Gasteiger charge is -2.15. The van der Waals surface area contributed by atoms with Crippen LogP contribution in [0.25, 0.3) is 0 Å². The van der Waals surface area contributed by atoms with Crippen molar-refractivity contribution in [3.8, 4) is 11.5 Å². The number of nitrogens with one attached hydrogen (secondary N) is 2. The van der Waals surface area contributed by atoms with Crippen LogP contribution in [0.1, 0.15) is 6.92 Å². The molecule has 1 heterocycles. The van der Waals surface area contributed by atoms with Gasteiger partial charge in [-0.3, -0.25) is 4.79 Å². The van der Waals surface area contributed by atoms with Crippen molar-refractivity contribution in [1.29, 1.82) is 0 Å². The number of hydrogen-bond acceptors (Lipinski definition) is 5. The molecule has 1 aliphatic rings. The van der Waals surface area contributed by atoms with E-state index in [0.29, 0.717) is 22.2 Å². The fraction of sp³-hybridized carbons (Fsp3) is 0.188. The Morgan fingerprint density at radius 3 is 2.68 bits per heavy atom. The minimum Gasteiger partial charge on any atom is -0.454 e. The Hall–Kier alpha value is -2.29. The van der Waals surface area contributed by atoms with Gasteiger partial charge < -0.3 is 14.8 Å². The number of ether oxygens (including phenoxy) is 2. The maximum atomic E-state index is 12.3. The Bertz CT molecular complexity index is 916. The van der Waals surface area contributed by atoms with Gasteiger partial charge in [0, 0.05) is 16.8 Å². The zero-order valence-electron chi connectivity index (χ0n) is 13.2. The Morgan fingerprint density at radius 2 is 1.92 bits per heavy atom. The van der Waals surface area contributed by atoms with Gasteiger partial charge in [0.05, 0.1) is 10.9 Å². The number of amides is 1. The molecule has 0 saturated carbocycles. The van der Waals surface area contributed by atoms with Crippen molar-refractivity contribution in [3.05, 3.63) is 47.5 Å². The van der Waals surface area contributed by atoms with Crippen LogP contribution in [0.5, 0.6) is 11.5 Å². The molecule has 1 amide bonds. The summed E-state index contributed by atoms with van der Waals surface area (Å²) in [5.74, 6) is 0.599. The third kappa shape index (κ3) is 4.04. The van der Waals surface area contributed by atoms with E-state index in [-0.39, 0.29) is 11.7 Å². The Kier molecular flexibility index (Phi) is 4.85. The highest BCUT2D eigenvalue weighted by Crippen LogP contribution is 2.34. The van der Waals surface area contributed by atoms with Gasteiger partial charge in [-0.05, 0) is 37.3 Å². The van der Waals surface area contributed by atoms with Crippen LogP contribution in [-0.4, -0.2) is 27.2 Å². The average Bonchev–Trinajstić information content (AvgIpc) is 3.02. The predicted octanol–water partition coefficient (Wildman–Crippen LogP) is 2.37. The fourth-order valence-electron chi connectivity index (χ4n) is 2.21. The number of benzene rings is 2. The first kappa shape index (κ1) is 17.5. The molecule has 1 aliphatic heterocycles. The fourth-order valence-corrected chi connectivity index (χ4v) is 3.72. The summed E-state index contributed by atoms with van der Waals surface area (Å²) in [5.41, 5.74) is 0.475. The summed E-state index contributed by atoms with van der Waals surface area (Å²) in [7, 11) is -3.87. The second-order valence-electron chi connectivity index (χ2n) is 5.36. The summed E-state index contributed by atoms with van der Waals surface area (Å²) in [6.07, 6.45) is 0. The lowest BCUT2D eigenvalue weighted by molar-refractivity contribution is -0.117. The van der Waals surface area contributed by atoms with Gasteiger partial charge in [0.15, 0.2) is 11.5 Å². The molecule has 0 spiro atoms. The molecule has 1 atom stereocenters. The van der Waals surface area contributed by atoms with Gasteiger partial charge >= 0.3 is 0 Å². The Labute approximate surface area is 149 Å². The van der Waals surface area contributed by atoms with Gasteiger partial charge in [-0.25, -0.2) is 8.42 Å². The van der Waals surface area contributed by atoms with Gasteiger partial charge in [0.2, 0.25) is 22.7 Å². The molecule has 7 nitrogen and oxygen atoms in total. The van der Waals surface area contributed by atoms with E-state index >= 15 is 0 Å². The summed E-state index contributed by atoms with van der Waals surface area (Å²) < 4.78 is 37.4. The van der Waals surface area contributed by atoms with Crippen LogP contribution in [0.15, 0.2) is 47.4 Å². The number of hydrogen-bond donors (Lipinski definition) is 2. The molecule has 0 aliphatic carbocycles. The van der Waals surface area contributed by atoms with Crippen LogP contribution in [0, 0.1) is 0 Å². The van der Waals surface area contributed by atoms with Crippen LogP contribution in [0.4, 0.5) is 5.69 Å². The van der Waals surface area contributed by atoms with Gasteiger partial charge in [0.1, 0.15) is 0 Å². The van der Waals surface area contributed by atoms with Crippen molar-refractivity contribution in [2.75, 3.05) is 12.1 Å². The molecule has 0 radical (unpaired) electrons. The minimum atomic E-state index is -3.87. The van der Waals surface area contributed by atoms with Crippen molar-refractivity contribution in [1.82, 2.24) is 4.72 Å². The number of rotatable bonds is 5. The number of carbonyl (C=O) groups excluding carboxylic acids is 1. The molecule has 0 bridgehead atoms. The number of carbonyl (C=O) groups is 1. The molecule has 0 saturated heterocycles. The molecular formula is C16H15ClN2O5S. The van der Waals surface area contributed by atoms with E-state index in [9.17, 15) is 13.2 Å². The summed E-state index contributed by atoms with van der Waals surface area (Å²) in [6, 6.07) is 9.73. The molecule has 132 valence electrons. The topological polar surface area (TPSA) is 93.7 Å². The van der Waals surface area contributed by atoms with Crippen molar-refractivity contribution >= 4 is 33.2 Å². The SMILES string of the molecule is C[C@H](NS(=O)(=O)c1cccc(Cl)c1)C(=O)Nc1ccc2c(c1)OCO2. The van der Waals surface area contributed by atoms with E-state index in [1.807, 2.05) is 0 Å². The molecule has 25 heavy (non-hydrogen) atoms. The maximum Gasteiger partial charge on any atom is 0.242 e. The smallest absolute Gasteiger partial charge is 0.242 e. The zero-order chi connectivity index (χ0) is 18.0. The highest BCUT2D eigenvalue weighted by Gasteiger charge is 2.23. The highest BCUT2D eigenvalue weighted by atomic mass is 35.5. The third-order valence-corrected chi connectivity index (χ3v) is 5.25. The van der Waals surface area contributed by atoms with Gasteiger partial charge in [-0.1, -0.05) is 17.7 Å². The second kappa shape index (κ2) is 6.91. The van der Waals surface area contributed by atoms with Crippen LogP contribution in [-0.2, 0) is 14.8 Å². The molecule has 0 aromatic heterocycles. The molecule has 2 aromatic carbocycles. The van der Waals surface area contributed by atoms with Crippen LogP contribution < -0.4 is 19.5 Å². The molecule has 2 aromatic rings. The first-order valence-electron chi connectivity index (χ1n) is 7.33. The first-order valence-corrected chi connectivity index (χ1v) is 9.20. The monoisotopic (exact) mass is 382 g/mol. The standard InChI is InChI=1S/C16H15ClN2O5S/c1-10(19-25(21,22)13-4-2-3-11(17)7-13)16(20)18-12-5-6-14-15(8-12)24-9-23-14/h2-8,10,19H,9H2,1H3,(H,18,20)/t10-/m0/s1. The Balaban J connectivity index is 1.68. The summed E-state index contributed by atoms with van der Waals surface area (Å²) in [4.78, 5) is 12.2. The largest absolute Gasteiger partial charge is 0.454 e. The van der Waals surface area contributed by atoms with E-state index in [1.54, 1.807) is 24.3 Å². The van der Waals surface area contributed by atoms with E-state index in [2.05, 4.69) is 10.0 Å². The molecule has 0 fully saturated rings. The number of anilines is 1. The van der Waals surface area contributed by atoms with E-state index in [1.165, 1.54) is 25.1 Å². The second-order valence-corrected chi connectivity index (χ2v) is 7.51. The van der Waals surface area contributed by atoms with Crippen LogP contribution in [0.3, 0.4) is 0 Å².